The first-order chi connectivity index (χ1) is 9.31. The Morgan fingerprint density at radius 3 is 2.63 bits per heavy atom. The highest BCUT2D eigenvalue weighted by molar-refractivity contribution is 5.33. The van der Waals surface area contributed by atoms with E-state index in [1.54, 1.807) is 12.5 Å². The summed E-state index contributed by atoms with van der Waals surface area (Å²) in [5.74, 6) is 0.837. The molecular weight excluding hydrogens is 238 g/mol. The zero-order valence-electron chi connectivity index (χ0n) is 11.8. The number of nitrogens with zero attached hydrogens (tertiary/aromatic N) is 4. The van der Waals surface area contributed by atoms with Gasteiger partial charge in [0.15, 0.2) is 5.82 Å². The van der Waals surface area contributed by atoms with Gasteiger partial charge in [-0.15, -0.1) is 0 Å². The lowest BCUT2D eigenvalue weighted by atomic mass is 10.1. The summed E-state index contributed by atoms with van der Waals surface area (Å²) in [5, 5.41) is 8.10. The average molecular weight is 259 g/mol. The van der Waals surface area contributed by atoms with Gasteiger partial charge in [0.05, 0.1) is 11.4 Å². The van der Waals surface area contributed by atoms with Crippen molar-refractivity contribution in [3.63, 3.8) is 0 Å². The van der Waals surface area contributed by atoms with Crippen LogP contribution in [-0.4, -0.2) is 26.3 Å². The van der Waals surface area contributed by atoms with Crippen LogP contribution in [0, 0.1) is 0 Å². The van der Waals surface area contributed by atoms with Crippen LogP contribution in [0.4, 0.5) is 0 Å². The number of hydrogen-bond acceptors (Lipinski definition) is 4. The van der Waals surface area contributed by atoms with E-state index in [0.717, 1.165) is 37.4 Å². The van der Waals surface area contributed by atoms with Gasteiger partial charge in [0, 0.05) is 24.4 Å². The predicted octanol–water partition coefficient (Wildman–Crippen LogP) is 1.90. The summed E-state index contributed by atoms with van der Waals surface area (Å²) in [5.41, 5.74) is 3.69. The van der Waals surface area contributed by atoms with Crippen molar-refractivity contribution in [2.24, 2.45) is 0 Å². The van der Waals surface area contributed by atoms with E-state index in [1.807, 2.05) is 10.7 Å². The van der Waals surface area contributed by atoms with Crippen molar-refractivity contribution in [3.8, 4) is 5.82 Å². The van der Waals surface area contributed by atoms with Gasteiger partial charge in [-0.25, -0.2) is 14.6 Å². The molecule has 0 radical (unpaired) electrons. The Labute approximate surface area is 114 Å². The predicted molar refractivity (Wildman–Crippen MR) is 75.3 cm³/mol. The molecule has 2 heterocycles. The zero-order chi connectivity index (χ0) is 13.7. The second-order valence-electron chi connectivity index (χ2n) is 4.34. The van der Waals surface area contributed by atoms with E-state index in [0.29, 0.717) is 0 Å². The van der Waals surface area contributed by atoms with Gasteiger partial charge in [0.2, 0.25) is 0 Å². The molecule has 5 heteroatoms. The van der Waals surface area contributed by atoms with Crippen LogP contribution in [0.3, 0.4) is 0 Å². The normalized spacial score (nSPS) is 10.9. The second-order valence-corrected chi connectivity index (χ2v) is 4.34. The molecular formula is C14H21N5. The SMILES string of the molecule is CCNCc1c(CC)nn(-c2ccncn2)c1CC. The molecule has 0 aliphatic carbocycles. The van der Waals surface area contributed by atoms with Crippen molar-refractivity contribution in [3.05, 3.63) is 35.5 Å². The van der Waals surface area contributed by atoms with Gasteiger partial charge in [-0.05, 0) is 19.4 Å². The Morgan fingerprint density at radius 2 is 2.05 bits per heavy atom. The van der Waals surface area contributed by atoms with Crippen LogP contribution in [0.25, 0.3) is 5.82 Å². The van der Waals surface area contributed by atoms with Crippen molar-refractivity contribution in [1.29, 1.82) is 0 Å². The molecule has 0 aliphatic rings. The number of rotatable bonds is 6. The highest BCUT2D eigenvalue weighted by atomic mass is 15.3. The lowest BCUT2D eigenvalue weighted by molar-refractivity contribution is 0.711. The van der Waals surface area contributed by atoms with E-state index in [2.05, 4.69) is 36.1 Å². The Kier molecular flexibility index (Phi) is 4.63. The third kappa shape index (κ3) is 2.81. The Balaban J connectivity index is 2.47. The van der Waals surface area contributed by atoms with Gasteiger partial charge in [-0.3, -0.25) is 0 Å². The van der Waals surface area contributed by atoms with Crippen molar-refractivity contribution < 1.29 is 0 Å². The fraction of sp³-hybridized carbons (Fsp3) is 0.500. The van der Waals surface area contributed by atoms with E-state index >= 15 is 0 Å². The standard InChI is InChI=1S/C14H21N5/c1-4-12-11(9-15-6-3)13(5-2)19(18-12)14-7-8-16-10-17-14/h7-8,10,15H,4-6,9H2,1-3H3. The van der Waals surface area contributed by atoms with Gasteiger partial charge < -0.3 is 5.32 Å². The van der Waals surface area contributed by atoms with Gasteiger partial charge >= 0.3 is 0 Å². The summed E-state index contributed by atoms with van der Waals surface area (Å²) in [6, 6.07) is 1.89. The minimum atomic E-state index is 0.837. The molecule has 19 heavy (non-hydrogen) atoms. The smallest absolute Gasteiger partial charge is 0.156 e. The number of nitrogens with one attached hydrogen (secondary N) is 1. The molecule has 2 aromatic rings. The van der Waals surface area contributed by atoms with Crippen molar-refractivity contribution in [2.45, 2.75) is 40.2 Å². The maximum Gasteiger partial charge on any atom is 0.156 e. The molecule has 2 rings (SSSR count). The summed E-state index contributed by atoms with van der Waals surface area (Å²) in [6.07, 6.45) is 5.19. The molecule has 0 unspecified atom stereocenters. The quantitative estimate of drug-likeness (QED) is 0.861. The summed E-state index contributed by atoms with van der Waals surface area (Å²) in [7, 11) is 0. The number of aromatic nitrogens is 4. The maximum atomic E-state index is 4.71. The van der Waals surface area contributed by atoms with Crippen LogP contribution in [0.5, 0.6) is 0 Å². The molecule has 0 saturated heterocycles. The minimum Gasteiger partial charge on any atom is -0.313 e. The van der Waals surface area contributed by atoms with Crippen molar-refractivity contribution in [1.82, 2.24) is 25.1 Å². The Morgan fingerprint density at radius 1 is 1.21 bits per heavy atom. The highest BCUT2D eigenvalue weighted by Crippen LogP contribution is 2.19. The molecule has 5 nitrogen and oxygen atoms in total. The van der Waals surface area contributed by atoms with Crippen LogP contribution in [0.15, 0.2) is 18.6 Å². The van der Waals surface area contributed by atoms with E-state index < -0.39 is 0 Å². The molecule has 0 fully saturated rings. The molecule has 0 bridgehead atoms. The first kappa shape index (κ1) is 13.7. The molecule has 0 amide bonds. The summed E-state index contributed by atoms with van der Waals surface area (Å²) < 4.78 is 1.95. The maximum absolute atomic E-state index is 4.71. The highest BCUT2D eigenvalue weighted by Gasteiger charge is 2.16. The molecule has 0 aromatic carbocycles. The topological polar surface area (TPSA) is 55.6 Å². The number of hydrogen-bond donors (Lipinski definition) is 1. The monoisotopic (exact) mass is 259 g/mol. The minimum absolute atomic E-state index is 0.837. The first-order valence-electron chi connectivity index (χ1n) is 6.88. The Bertz CT molecular complexity index is 518. The van der Waals surface area contributed by atoms with E-state index in [4.69, 9.17) is 5.10 Å². The largest absolute Gasteiger partial charge is 0.313 e. The molecule has 0 spiro atoms. The van der Waals surface area contributed by atoms with Crippen LogP contribution in [0.1, 0.15) is 37.7 Å². The summed E-state index contributed by atoms with van der Waals surface area (Å²) in [4.78, 5) is 8.26. The van der Waals surface area contributed by atoms with Crippen LogP contribution >= 0.6 is 0 Å². The van der Waals surface area contributed by atoms with Gasteiger partial charge in [0.1, 0.15) is 6.33 Å². The van der Waals surface area contributed by atoms with Gasteiger partial charge in [-0.2, -0.15) is 5.10 Å². The van der Waals surface area contributed by atoms with Crippen molar-refractivity contribution >= 4 is 0 Å². The fourth-order valence-electron chi connectivity index (χ4n) is 2.24. The lowest BCUT2D eigenvalue weighted by Gasteiger charge is -2.07. The second kappa shape index (κ2) is 6.43. The van der Waals surface area contributed by atoms with E-state index in [9.17, 15) is 0 Å². The molecule has 2 aromatic heterocycles. The van der Waals surface area contributed by atoms with E-state index in [1.165, 1.54) is 11.3 Å². The molecule has 0 aliphatic heterocycles. The zero-order valence-corrected chi connectivity index (χ0v) is 11.8. The van der Waals surface area contributed by atoms with Crippen LogP contribution < -0.4 is 5.32 Å². The van der Waals surface area contributed by atoms with E-state index in [-0.39, 0.29) is 0 Å². The lowest BCUT2D eigenvalue weighted by Crippen LogP contribution is -2.14. The summed E-state index contributed by atoms with van der Waals surface area (Å²) in [6.45, 7) is 8.25. The number of aryl methyl sites for hydroxylation is 1. The third-order valence-electron chi connectivity index (χ3n) is 3.18. The van der Waals surface area contributed by atoms with Crippen molar-refractivity contribution in [2.75, 3.05) is 6.54 Å². The summed E-state index contributed by atoms with van der Waals surface area (Å²) >= 11 is 0. The van der Waals surface area contributed by atoms with Gasteiger partial charge in [-0.1, -0.05) is 20.8 Å². The molecule has 102 valence electrons. The van der Waals surface area contributed by atoms with Crippen LogP contribution in [0.2, 0.25) is 0 Å². The van der Waals surface area contributed by atoms with Gasteiger partial charge in [0.25, 0.3) is 0 Å². The molecule has 0 saturated carbocycles. The molecule has 1 N–H and O–H groups in total. The average Bonchev–Trinajstić information content (AvgIpc) is 2.83. The first-order valence-corrected chi connectivity index (χ1v) is 6.88. The third-order valence-corrected chi connectivity index (χ3v) is 3.18. The Hall–Kier alpha value is -1.75. The fourth-order valence-corrected chi connectivity index (χ4v) is 2.24. The molecule has 0 atom stereocenters. The van der Waals surface area contributed by atoms with Crippen LogP contribution in [-0.2, 0) is 19.4 Å².